The standard InChI is InChI=1S/C19H16F4N6O3.H3O4P/c1-2-29-26-17(25-27-29)14-6-3-10(8-24-14)12-5-4-11(7-13(12)20)28-9-15(32-18(28)31)16(30)19(21,22)23;1-5(2,3)4/h3-8,15-16,30H,2,9H2,1H3;(H3,1,2,3,4)/t15-,16?;/m1./s1. The number of halogens is 4. The molecule has 1 saturated heterocycles. The van der Waals surface area contributed by atoms with E-state index >= 15 is 0 Å². The Morgan fingerprint density at radius 3 is 2.41 bits per heavy atom. The number of ether oxygens (including phenoxy) is 1. The first-order valence-corrected chi connectivity index (χ1v) is 11.8. The Morgan fingerprint density at radius 2 is 1.89 bits per heavy atom. The van der Waals surface area contributed by atoms with Crippen LogP contribution in [0.15, 0.2) is 36.5 Å². The molecule has 1 fully saturated rings. The van der Waals surface area contributed by atoms with Gasteiger partial charge in [0.15, 0.2) is 12.2 Å². The van der Waals surface area contributed by atoms with E-state index in [-0.39, 0.29) is 11.3 Å². The zero-order valence-corrected chi connectivity index (χ0v) is 19.6. The quantitative estimate of drug-likeness (QED) is 0.269. The number of pyridine rings is 1. The Balaban J connectivity index is 0.000000695. The zero-order chi connectivity index (χ0) is 27.5. The normalized spacial score (nSPS) is 16.7. The summed E-state index contributed by atoms with van der Waals surface area (Å²) in [6, 6.07) is 6.94. The van der Waals surface area contributed by atoms with Gasteiger partial charge in [0.25, 0.3) is 0 Å². The molecule has 1 aliphatic heterocycles. The maximum Gasteiger partial charge on any atom is 0.466 e. The average Bonchev–Trinajstić information content (AvgIpc) is 3.44. The van der Waals surface area contributed by atoms with Gasteiger partial charge in [0.1, 0.15) is 11.5 Å². The van der Waals surface area contributed by atoms with Crippen molar-refractivity contribution in [2.75, 3.05) is 11.4 Å². The van der Waals surface area contributed by atoms with Gasteiger partial charge in [-0.15, -0.1) is 10.2 Å². The SMILES string of the molecule is CCn1nnc(-c2ccc(-c3ccc(N4C[C@H](C(O)C(F)(F)F)OC4=O)cc3F)cn2)n1.O=P(O)(O)O. The van der Waals surface area contributed by atoms with Crippen LogP contribution in [0.2, 0.25) is 0 Å². The molecule has 0 spiro atoms. The van der Waals surface area contributed by atoms with Gasteiger partial charge in [-0.25, -0.2) is 13.8 Å². The molecular weight excluding hydrogens is 531 g/mol. The van der Waals surface area contributed by atoms with Crippen molar-refractivity contribution < 1.29 is 51.4 Å². The van der Waals surface area contributed by atoms with E-state index in [1.807, 2.05) is 6.92 Å². The van der Waals surface area contributed by atoms with Crippen LogP contribution in [0.1, 0.15) is 6.92 Å². The smallest absolute Gasteiger partial charge is 0.441 e. The molecule has 13 nitrogen and oxygen atoms in total. The van der Waals surface area contributed by atoms with Gasteiger partial charge in [0.05, 0.1) is 18.8 Å². The Bertz CT molecular complexity index is 1290. The first kappa shape index (κ1) is 28.1. The second-order valence-electron chi connectivity index (χ2n) is 7.43. The van der Waals surface area contributed by atoms with Crippen molar-refractivity contribution in [3.63, 3.8) is 0 Å². The highest BCUT2D eigenvalue weighted by molar-refractivity contribution is 7.45. The van der Waals surface area contributed by atoms with Crippen LogP contribution in [0.3, 0.4) is 0 Å². The molecule has 3 aromatic rings. The molecule has 4 rings (SSSR count). The van der Waals surface area contributed by atoms with Gasteiger partial charge < -0.3 is 24.5 Å². The Labute approximate surface area is 205 Å². The van der Waals surface area contributed by atoms with E-state index in [0.29, 0.717) is 23.6 Å². The van der Waals surface area contributed by atoms with Crippen molar-refractivity contribution in [2.45, 2.75) is 31.9 Å². The van der Waals surface area contributed by atoms with E-state index in [9.17, 15) is 27.5 Å². The van der Waals surface area contributed by atoms with Crippen LogP contribution < -0.4 is 4.90 Å². The molecular formula is C19H19F4N6O7P. The van der Waals surface area contributed by atoms with E-state index in [2.05, 4.69) is 25.1 Å². The number of anilines is 1. The van der Waals surface area contributed by atoms with Crippen molar-refractivity contribution >= 4 is 19.6 Å². The van der Waals surface area contributed by atoms with E-state index < -0.39 is 44.7 Å². The molecule has 4 N–H and O–H groups in total. The third-order valence-electron chi connectivity index (χ3n) is 4.83. The van der Waals surface area contributed by atoms with Crippen LogP contribution >= 0.6 is 7.82 Å². The first-order valence-electron chi connectivity index (χ1n) is 10.2. The fraction of sp³-hybridized carbons (Fsp3) is 0.316. The summed E-state index contributed by atoms with van der Waals surface area (Å²) in [5.74, 6) is -0.405. The second-order valence-corrected chi connectivity index (χ2v) is 8.46. The Hall–Kier alpha value is -3.50. The largest absolute Gasteiger partial charge is 0.466 e. The lowest BCUT2D eigenvalue weighted by atomic mass is 10.1. The highest BCUT2D eigenvalue weighted by atomic mass is 31.2. The highest BCUT2D eigenvalue weighted by Crippen LogP contribution is 2.32. The fourth-order valence-electron chi connectivity index (χ4n) is 3.14. The van der Waals surface area contributed by atoms with Crippen molar-refractivity contribution in [1.82, 2.24) is 25.2 Å². The van der Waals surface area contributed by atoms with Gasteiger partial charge >= 0.3 is 20.1 Å². The summed E-state index contributed by atoms with van der Waals surface area (Å²) in [6.45, 7) is 1.83. The minimum absolute atomic E-state index is 0.00177. The van der Waals surface area contributed by atoms with Gasteiger partial charge in [0, 0.05) is 17.3 Å². The van der Waals surface area contributed by atoms with Gasteiger partial charge in [-0.05, 0) is 36.4 Å². The number of aryl methyl sites for hydroxylation is 1. The number of rotatable bonds is 5. The lowest BCUT2D eigenvalue weighted by Gasteiger charge is -2.19. The number of carbonyl (C=O) groups excluding carboxylic acids is 1. The number of aliphatic hydroxyl groups excluding tert-OH is 1. The third-order valence-corrected chi connectivity index (χ3v) is 4.83. The molecule has 200 valence electrons. The topological polar surface area (TPSA) is 184 Å². The highest BCUT2D eigenvalue weighted by Gasteiger charge is 2.49. The Kier molecular flexibility index (Phi) is 8.24. The summed E-state index contributed by atoms with van der Waals surface area (Å²) in [4.78, 5) is 40.0. The van der Waals surface area contributed by atoms with Gasteiger partial charge in [0.2, 0.25) is 5.82 Å². The molecule has 37 heavy (non-hydrogen) atoms. The predicted octanol–water partition coefficient (Wildman–Crippen LogP) is 1.88. The Morgan fingerprint density at radius 1 is 1.22 bits per heavy atom. The van der Waals surface area contributed by atoms with Gasteiger partial charge in [-0.1, -0.05) is 6.07 Å². The van der Waals surface area contributed by atoms with E-state index in [4.69, 9.17) is 19.2 Å². The number of amides is 1. The van der Waals surface area contributed by atoms with E-state index in [1.54, 1.807) is 12.1 Å². The number of hydrogen-bond acceptors (Lipinski definition) is 8. The van der Waals surface area contributed by atoms with Crippen molar-refractivity contribution in [3.05, 3.63) is 42.3 Å². The monoisotopic (exact) mass is 550 g/mol. The number of aliphatic hydroxyl groups is 1. The lowest BCUT2D eigenvalue weighted by molar-refractivity contribution is -0.224. The van der Waals surface area contributed by atoms with Gasteiger partial charge in [-0.2, -0.15) is 18.0 Å². The lowest BCUT2D eigenvalue weighted by Crippen LogP contribution is -2.42. The molecule has 1 aromatic carbocycles. The molecule has 1 aliphatic rings. The zero-order valence-electron chi connectivity index (χ0n) is 18.7. The number of tetrazole rings is 1. The summed E-state index contributed by atoms with van der Waals surface area (Å²) in [5.41, 5.74) is 1.03. The molecule has 2 atom stereocenters. The summed E-state index contributed by atoms with van der Waals surface area (Å²) < 4.78 is 66.3. The molecule has 0 bridgehead atoms. The summed E-state index contributed by atoms with van der Waals surface area (Å²) in [5, 5.41) is 21.2. The first-order chi connectivity index (χ1) is 17.2. The molecule has 18 heteroatoms. The minimum Gasteiger partial charge on any atom is -0.441 e. The van der Waals surface area contributed by atoms with Crippen LogP contribution in [0, 0.1) is 5.82 Å². The maximum absolute atomic E-state index is 14.8. The summed E-state index contributed by atoms with van der Waals surface area (Å²) >= 11 is 0. The van der Waals surface area contributed by atoms with Crippen LogP contribution in [0.4, 0.5) is 28.0 Å². The fourth-order valence-corrected chi connectivity index (χ4v) is 3.14. The predicted molar refractivity (Wildman–Crippen MR) is 116 cm³/mol. The van der Waals surface area contributed by atoms with Crippen molar-refractivity contribution in [2.24, 2.45) is 0 Å². The average molecular weight is 550 g/mol. The molecule has 3 heterocycles. The number of benzene rings is 1. The van der Waals surface area contributed by atoms with Crippen LogP contribution in [-0.4, -0.2) is 76.0 Å². The molecule has 2 aromatic heterocycles. The maximum atomic E-state index is 14.8. The number of hydrogen-bond donors (Lipinski definition) is 4. The van der Waals surface area contributed by atoms with Crippen molar-refractivity contribution in [3.8, 4) is 22.6 Å². The number of aromatic nitrogens is 5. The molecule has 0 saturated carbocycles. The minimum atomic E-state index is -4.95. The van der Waals surface area contributed by atoms with Gasteiger partial charge in [-0.3, -0.25) is 9.88 Å². The van der Waals surface area contributed by atoms with E-state index in [1.165, 1.54) is 23.1 Å². The third kappa shape index (κ3) is 7.27. The molecule has 1 unspecified atom stereocenters. The van der Waals surface area contributed by atoms with Crippen molar-refractivity contribution in [1.29, 1.82) is 0 Å². The van der Waals surface area contributed by atoms with Crippen LogP contribution in [0.25, 0.3) is 22.6 Å². The molecule has 1 amide bonds. The number of alkyl halides is 3. The number of carbonyl (C=O) groups is 1. The summed E-state index contributed by atoms with van der Waals surface area (Å²) in [7, 11) is -4.64. The molecule has 0 aliphatic carbocycles. The number of nitrogens with zero attached hydrogens (tertiary/aromatic N) is 6. The summed E-state index contributed by atoms with van der Waals surface area (Å²) in [6.07, 6.45) is -9.28. The second kappa shape index (κ2) is 10.9. The van der Waals surface area contributed by atoms with E-state index in [0.717, 1.165) is 11.0 Å². The number of phosphoric acid groups is 1. The van der Waals surface area contributed by atoms with Crippen LogP contribution in [-0.2, 0) is 15.8 Å². The number of cyclic esters (lactones) is 1. The molecule has 0 radical (unpaired) electrons. The van der Waals surface area contributed by atoms with Crippen LogP contribution in [0.5, 0.6) is 0 Å².